The van der Waals surface area contributed by atoms with Crippen LogP contribution in [0.5, 0.6) is 17.2 Å². The van der Waals surface area contributed by atoms with E-state index in [2.05, 4.69) is 13.5 Å². The maximum atomic E-state index is 11.6. The molecular weight excluding hydrogens is 364 g/mol. The molecule has 148 valence electrons. The van der Waals surface area contributed by atoms with Gasteiger partial charge in [-0.05, 0) is 72.2 Å². The average Bonchev–Trinajstić information content (AvgIpc) is 2.75. The van der Waals surface area contributed by atoms with Gasteiger partial charge in [0.2, 0.25) is 6.29 Å². The minimum atomic E-state index is -0.430. The standard InChI is InChI=1S/C25H24O4/c1-3-5-25(29-23-16-10-20(11-17-23)24(27)4-2)28-22-14-8-19(9-15-22)18-6-12-21(26)13-7-18/h4,6-17,25-26H,2-3,5H2,1H3. The van der Waals surface area contributed by atoms with Crippen LogP contribution in [0.1, 0.15) is 30.1 Å². The molecule has 29 heavy (non-hydrogen) atoms. The summed E-state index contributed by atoms with van der Waals surface area (Å²) in [6.07, 6.45) is 2.50. The molecule has 4 heteroatoms. The monoisotopic (exact) mass is 388 g/mol. The maximum absolute atomic E-state index is 11.6. The van der Waals surface area contributed by atoms with Crippen LogP contribution >= 0.6 is 0 Å². The fourth-order valence-corrected chi connectivity index (χ4v) is 2.88. The van der Waals surface area contributed by atoms with Crippen molar-refractivity contribution in [3.05, 3.63) is 91.0 Å². The largest absolute Gasteiger partial charge is 0.508 e. The van der Waals surface area contributed by atoms with Gasteiger partial charge in [-0.2, -0.15) is 0 Å². The van der Waals surface area contributed by atoms with E-state index in [0.29, 0.717) is 17.1 Å². The Morgan fingerprint density at radius 2 is 1.38 bits per heavy atom. The van der Waals surface area contributed by atoms with Crippen molar-refractivity contribution in [1.82, 2.24) is 0 Å². The first kappa shape index (κ1) is 20.2. The quantitative estimate of drug-likeness (QED) is 0.277. The Balaban J connectivity index is 1.67. The molecule has 0 bridgehead atoms. The molecule has 3 aromatic rings. The molecule has 0 aliphatic carbocycles. The van der Waals surface area contributed by atoms with Gasteiger partial charge in [-0.3, -0.25) is 4.79 Å². The minimum absolute atomic E-state index is 0.119. The molecule has 4 nitrogen and oxygen atoms in total. The van der Waals surface area contributed by atoms with Crippen LogP contribution in [-0.2, 0) is 0 Å². The van der Waals surface area contributed by atoms with Crippen LogP contribution in [0.25, 0.3) is 11.1 Å². The first-order chi connectivity index (χ1) is 14.1. The van der Waals surface area contributed by atoms with Crippen LogP contribution in [0.4, 0.5) is 0 Å². The van der Waals surface area contributed by atoms with E-state index >= 15 is 0 Å². The van der Waals surface area contributed by atoms with E-state index in [1.165, 1.54) is 6.08 Å². The van der Waals surface area contributed by atoms with Gasteiger partial charge in [0.05, 0.1) is 0 Å². The van der Waals surface area contributed by atoms with Crippen molar-refractivity contribution < 1.29 is 19.4 Å². The zero-order valence-electron chi connectivity index (χ0n) is 16.4. The lowest BCUT2D eigenvalue weighted by molar-refractivity contribution is -0.00103. The number of carbonyl (C=O) groups is 1. The molecule has 1 N–H and O–H groups in total. The van der Waals surface area contributed by atoms with Crippen LogP contribution in [0.15, 0.2) is 85.5 Å². The van der Waals surface area contributed by atoms with Gasteiger partial charge in [0.1, 0.15) is 17.2 Å². The molecule has 0 spiro atoms. The molecule has 0 amide bonds. The Labute approximate surface area is 171 Å². The summed E-state index contributed by atoms with van der Waals surface area (Å²) in [6.45, 7) is 5.57. The van der Waals surface area contributed by atoms with Gasteiger partial charge in [0, 0.05) is 12.0 Å². The van der Waals surface area contributed by atoms with Gasteiger partial charge in [0.15, 0.2) is 5.78 Å². The molecule has 3 rings (SSSR count). The summed E-state index contributed by atoms with van der Waals surface area (Å²) in [5, 5.41) is 9.42. The molecule has 0 fully saturated rings. The van der Waals surface area contributed by atoms with Crippen molar-refractivity contribution in [3.8, 4) is 28.4 Å². The Kier molecular flexibility index (Phi) is 6.69. The first-order valence-electron chi connectivity index (χ1n) is 9.58. The Morgan fingerprint density at radius 3 is 1.86 bits per heavy atom. The summed E-state index contributed by atoms with van der Waals surface area (Å²) < 4.78 is 12.0. The highest BCUT2D eigenvalue weighted by atomic mass is 16.7. The molecule has 0 saturated carbocycles. The smallest absolute Gasteiger partial charge is 0.241 e. The Bertz CT molecular complexity index is 942. The van der Waals surface area contributed by atoms with Crippen molar-refractivity contribution in [2.75, 3.05) is 0 Å². The number of rotatable bonds is 9. The number of aromatic hydroxyl groups is 1. The summed E-state index contributed by atoms with van der Waals surface area (Å²) in [4.78, 5) is 11.6. The second kappa shape index (κ2) is 9.60. The predicted octanol–water partition coefficient (Wildman–Crippen LogP) is 6.01. The minimum Gasteiger partial charge on any atom is -0.508 e. The van der Waals surface area contributed by atoms with Crippen LogP contribution in [0.3, 0.4) is 0 Å². The number of phenols is 1. The van der Waals surface area contributed by atoms with Crippen molar-refractivity contribution in [2.45, 2.75) is 26.1 Å². The molecule has 0 aliphatic rings. The van der Waals surface area contributed by atoms with Crippen molar-refractivity contribution in [3.63, 3.8) is 0 Å². The summed E-state index contributed by atoms with van der Waals surface area (Å²) in [5.74, 6) is 1.48. The molecule has 1 atom stereocenters. The lowest BCUT2D eigenvalue weighted by Crippen LogP contribution is -2.23. The van der Waals surface area contributed by atoms with Crippen LogP contribution in [0.2, 0.25) is 0 Å². The van der Waals surface area contributed by atoms with Gasteiger partial charge >= 0.3 is 0 Å². The van der Waals surface area contributed by atoms with Gasteiger partial charge < -0.3 is 14.6 Å². The van der Waals surface area contributed by atoms with Gasteiger partial charge in [0.25, 0.3) is 0 Å². The third-order valence-electron chi connectivity index (χ3n) is 4.44. The number of hydrogen-bond acceptors (Lipinski definition) is 4. The van der Waals surface area contributed by atoms with Gasteiger partial charge in [-0.25, -0.2) is 0 Å². The summed E-state index contributed by atoms with van der Waals surface area (Å²) in [6, 6.07) is 21.8. The highest BCUT2D eigenvalue weighted by Gasteiger charge is 2.12. The van der Waals surface area contributed by atoms with Crippen LogP contribution in [-0.4, -0.2) is 17.2 Å². The summed E-state index contributed by atoms with van der Waals surface area (Å²) in [7, 11) is 0. The van der Waals surface area contributed by atoms with Crippen molar-refractivity contribution >= 4 is 5.78 Å². The van der Waals surface area contributed by atoms with Gasteiger partial charge in [-0.1, -0.05) is 37.8 Å². The predicted molar refractivity (Wildman–Crippen MR) is 114 cm³/mol. The number of benzene rings is 3. The molecule has 1 unspecified atom stereocenters. The second-order valence-electron chi connectivity index (χ2n) is 6.62. The van der Waals surface area contributed by atoms with E-state index in [9.17, 15) is 9.90 Å². The first-order valence-corrected chi connectivity index (χ1v) is 9.58. The molecule has 0 radical (unpaired) electrons. The van der Waals surface area contributed by atoms with Crippen LogP contribution < -0.4 is 9.47 Å². The lowest BCUT2D eigenvalue weighted by atomic mass is 10.1. The topological polar surface area (TPSA) is 55.8 Å². The average molecular weight is 388 g/mol. The third-order valence-corrected chi connectivity index (χ3v) is 4.44. The highest BCUT2D eigenvalue weighted by Crippen LogP contribution is 2.25. The number of ketones is 1. The number of hydrogen-bond donors (Lipinski definition) is 1. The van der Waals surface area contributed by atoms with Crippen molar-refractivity contribution in [1.29, 1.82) is 0 Å². The second-order valence-corrected chi connectivity index (χ2v) is 6.62. The Morgan fingerprint density at radius 1 is 0.897 bits per heavy atom. The molecule has 3 aromatic carbocycles. The SMILES string of the molecule is C=CC(=O)c1ccc(OC(CCC)Oc2ccc(-c3ccc(O)cc3)cc2)cc1. The van der Waals surface area contributed by atoms with E-state index in [0.717, 1.165) is 24.0 Å². The third kappa shape index (κ3) is 5.48. The maximum Gasteiger partial charge on any atom is 0.241 e. The van der Waals surface area contributed by atoms with Gasteiger partial charge in [-0.15, -0.1) is 0 Å². The van der Waals surface area contributed by atoms with E-state index in [4.69, 9.17) is 9.47 Å². The number of phenolic OH excluding ortho intramolecular Hbond substituents is 1. The lowest BCUT2D eigenvalue weighted by Gasteiger charge is -2.20. The number of allylic oxidation sites excluding steroid dienone is 1. The van der Waals surface area contributed by atoms with E-state index < -0.39 is 6.29 Å². The zero-order chi connectivity index (χ0) is 20.6. The normalized spacial score (nSPS) is 11.5. The molecule has 0 aliphatic heterocycles. The summed E-state index contributed by atoms with van der Waals surface area (Å²) >= 11 is 0. The fraction of sp³-hybridized carbons (Fsp3) is 0.160. The van der Waals surface area contributed by atoms with E-state index in [-0.39, 0.29) is 11.5 Å². The molecule has 0 saturated heterocycles. The van der Waals surface area contributed by atoms with E-state index in [1.54, 1.807) is 36.4 Å². The van der Waals surface area contributed by atoms with Crippen LogP contribution in [0, 0.1) is 0 Å². The zero-order valence-corrected chi connectivity index (χ0v) is 16.4. The summed E-state index contributed by atoms with van der Waals surface area (Å²) in [5.41, 5.74) is 2.63. The molecule has 0 heterocycles. The number of ether oxygens (including phenoxy) is 2. The molecule has 0 aromatic heterocycles. The number of carbonyl (C=O) groups excluding carboxylic acids is 1. The fourth-order valence-electron chi connectivity index (χ4n) is 2.88. The van der Waals surface area contributed by atoms with E-state index in [1.807, 2.05) is 36.4 Å². The highest BCUT2D eigenvalue weighted by molar-refractivity contribution is 6.04. The molecular formula is C25H24O4. The Hall–Kier alpha value is -3.53. The van der Waals surface area contributed by atoms with Crippen molar-refractivity contribution in [2.24, 2.45) is 0 Å².